The van der Waals surface area contributed by atoms with Crippen molar-refractivity contribution in [1.29, 1.82) is 0 Å². The fourth-order valence-electron chi connectivity index (χ4n) is 12.5. The second-order valence-corrected chi connectivity index (χ2v) is 22.3. The number of hydrogen-bond donors (Lipinski definition) is 0. The number of para-hydroxylation sites is 2. The molecule has 0 fully saturated rings. The molecule has 0 amide bonds. The maximum atomic E-state index is 2.42. The van der Waals surface area contributed by atoms with Gasteiger partial charge in [0.15, 0.2) is 0 Å². The Morgan fingerprint density at radius 1 is 0.231 bits per heavy atom. The monoisotopic (exact) mass is 998 g/mol. The Labute approximate surface area is 458 Å². The Morgan fingerprint density at radius 2 is 0.513 bits per heavy atom. The normalized spacial score (nSPS) is 13.7. The van der Waals surface area contributed by atoms with Crippen LogP contribution in [0.1, 0.15) is 72.2 Å². The van der Waals surface area contributed by atoms with Crippen molar-refractivity contribution in [1.82, 2.24) is 0 Å². The zero-order chi connectivity index (χ0) is 52.5. The van der Waals surface area contributed by atoms with E-state index in [1.54, 1.807) is 0 Å². The highest BCUT2D eigenvalue weighted by Crippen LogP contribution is 2.53. The molecule has 0 bridgehead atoms. The van der Waals surface area contributed by atoms with Crippen LogP contribution in [0, 0.1) is 0 Å². The van der Waals surface area contributed by atoms with Crippen molar-refractivity contribution in [3.63, 3.8) is 0 Å². The summed E-state index contributed by atoms with van der Waals surface area (Å²) in [6.45, 7) is 9.50. The lowest BCUT2D eigenvalue weighted by molar-refractivity contribution is 0.660. The van der Waals surface area contributed by atoms with Gasteiger partial charge in [0.05, 0.1) is 0 Å². The van der Waals surface area contributed by atoms with Crippen molar-refractivity contribution in [2.45, 2.75) is 38.5 Å². The van der Waals surface area contributed by atoms with Gasteiger partial charge < -0.3 is 9.80 Å². The van der Waals surface area contributed by atoms with E-state index < -0.39 is 0 Å². The number of anilines is 6. The van der Waals surface area contributed by atoms with Gasteiger partial charge in [0.25, 0.3) is 0 Å². The zero-order valence-corrected chi connectivity index (χ0v) is 44.5. The molecule has 0 saturated heterocycles. The molecule has 2 heteroatoms. The largest absolute Gasteiger partial charge is 0.310 e. The molecule has 0 aliphatic heterocycles. The van der Waals surface area contributed by atoms with Crippen LogP contribution in [-0.4, -0.2) is 0 Å². The molecule has 0 heterocycles. The molecule has 0 atom stereocenters. The Balaban J connectivity index is 0.687. The Bertz CT molecular complexity index is 4100. The predicted molar refractivity (Wildman–Crippen MR) is 334 cm³/mol. The molecule has 0 saturated carbocycles. The highest BCUT2D eigenvalue weighted by atomic mass is 15.1. The highest BCUT2D eigenvalue weighted by Gasteiger charge is 2.37. The number of benzene rings is 12. The van der Waals surface area contributed by atoms with Gasteiger partial charge in [0.2, 0.25) is 0 Å². The first-order valence-electron chi connectivity index (χ1n) is 27.3. The van der Waals surface area contributed by atoms with E-state index in [9.17, 15) is 0 Å². The number of fused-ring (bicyclic) bond motifs is 9. The van der Waals surface area contributed by atoms with E-state index in [0.29, 0.717) is 0 Å². The quantitative estimate of drug-likeness (QED) is 0.126. The molecule has 12 aromatic rings. The highest BCUT2D eigenvalue weighted by molar-refractivity contribution is 5.94. The van der Waals surface area contributed by atoms with E-state index in [2.05, 4.69) is 317 Å². The van der Waals surface area contributed by atoms with Crippen molar-refractivity contribution in [2.75, 3.05) is 9.80 Å². The first-order chi connectivity index (χ1) is 38.1. The van der Waals surface area contributed by atoms with Gasteiger partial charge in [-0.05, 0) is 184 Å². The lowest BCUT2D eigenvalue weighted by atomic mass is 9.81. The lowest BCUT2D eigenvalue weighted by Gasteiger charge is -2.28. The average Bonchev–Trinajstić information content (AvgIpc) is 4.04. The smallest absolute Gasteiger partial charge is 0.0468 e. The summed E-state index contributed by atoms with van der Waals surface area (Å²) in [5.74, 6) is 0. The molecule has 0 radical (unpaired) electrons. The van der Waals surface area contributed by atoms with Crippen LogP contribution in [0.2, 0.25) is 0 Å². The maximum Gasteiger partial charge on any atom is 0.0468 e. The molecule has 372 valence electrons. The van der Waals surface area contributed by atoms with Gasteiger partial charge in [-0.3, -0.25) is 0 Å². The van der Waals surface area contributed by atoms with E-state index in [4.69, 9.17) is 0 Å². The number of rotatable bonds is 10. The van der Waals surface area contributed by atoms with E-state index in [1.165, 1.54) is 99.1 Å². The molecular formula is C76H58N2. The standard InChI is InChI=1S/C76H58N2/c1-75(2)71-45-53(29-39-67(71)69-41-37-65(49-73(69)75)77(61-19-7-5-8-20-61)63-35-33-55-15-11-13-17-57(55)47-63)25-23-51-27-31-60-44-52(28-32-59(60)43-51)24-26-54-30-40-68-70-42-38-66(50-74(70)76(3,4)72(68)46-54)78(62-21-9-6-10-22-62)64-36-34-56-16-12-14-18-58(56)48-64/h5-50H,1-4H3. The van der Waals surface area contributed by atoms with Gasteiger partial charge in [-0.2, -0.15) is 0 Å². The summed E-state index contributed by atoms with van der Waals surface area (Å²) in [6.07, 6.45) is 9.03. The van der Waals surface area contributed by atoms with Gasteiger partial charge in [-0.15, -0.1) is 0 Å². The van der Waals surface area contributed by atoms with Gasteiger partial charge in [0.1, 0.15) is 0 Å². The summed E-state index contributed by atoms with van der Waals surface area (Å²) < 4.78 is 0. The summed E-state index contributed by atoms with van der Waals surface area (Å²) in [5.41, 5.74) is 22.0. The number of nitrogens with zero attached hydrogens (tertiary/aromatic N) is 2. The molecule has 0 unspecified atom stereocenters. The minimum Gasteiger partial charge on any atom is -0.310 e. The van der Waals surface area contributed by atoms with E-state index >= 15 is 0 Å². The third-order valence-electron chi connectivity index (χ3n) is 16.7. The SMILES string of the molecule is CC1(C)c2cc(C=Cc3ccc4cc(C=Cc5ccc6c(c5)C(C)(C)c5cc(N(c7ccccc7)c7ccc8ccccc8c7)ccc5-6)ccc4c3)ccc2-c2ccc(N(c3ccccc3)c3ccc4ccccc4c3)cc21. The van der Waals surface area contributed by atoms with Crippen molar-refractivity contribution in [2.24, 2.45) is 0 Å². The fraction of sp³-hybridized carbons (Fsp3) is 0.0789. The zero-order valence-electron chi connectivity index (χ0n) is 44.5. The van der Waals surface area contributed by atoms with Crippen LogP contribution in [0.25, 0.3) is 78.9 Å². The van der Waals surface area contributed by atoms with Gasteiger partial charge in [0, 0.05) is 45.0 Å². The average molecular weight is 999 g/mol. The minimum atomic E-state index is -0.176. The minimum absolute atomic E-state index is 0.176. The summed E-state index contributed by atoms with van der Waals surface area (Å²) in [4.78, 5) is 4.77. The van der Waals surface area contributed by atoms with E-state index in [1.807, 2.05) is 0 Å². The topological polar surface area (TPSA) is 6.48 Å². The van der Waals surface area contributed by atoms with Crippen LogP contribution in [0.4, 0.5) is 34.1 Å². The second kappa shape index (κ2) is 18.7. The predicted octanol–water partition coefficient (Wildman–Crippen LogP) is 21.0. The van der Waals surface area contributed by atoms with Gasteiger partial charge >= 0.3 is 0 Å². The summed E-state index contributed by atoms with van der Waals surface area (Å²) in [6, 6.07) is 93.8. The Morgan fingerprint density at radius 3 is 0.923 bits per heavy atom. The molecule has 2 nitrogen and oxygen atoms in total. The lowest BCUT2D eigenvalue weighted by Crippen LogP contribution is -2.16. The van der Waals surface area contributed by atoms with Crippen LogP contribution >= 0.6 is 0 Å². The van der Waals surface area contributed by atoms with Crippen molar-refractivity contribution in [3.05, 3.63) is 299 Å². The van der Waals surface area contributed by atoms with Crippen LogP contribution in [-0.2, 0) is 10.8 Å². The summed E-state index contributed by atoms with van der Waals surface area (Å²) in [5, 5.41) is 7.40. The molecular weight excluding hydrogens is 941 g/mol. The van der Waals surface area contributed by atoms with Gasteiger partial charge in [-0.1, -0.05) is 222 Å². The van der Waals surface area contributed by atoms with Crippen molar-refractivity contribution < 1.29 is 0 Å². The summed E-state index contributed by atoms with van der Waals surface area (Å²) >= 11 is 0. The molecule has 78 heavy (non-hydrogen) atoms. The molecule has 0 spiro atoms. The molecule has 0 aromatic heterocycles. The molecule has 0 N–H and O–H groups in total. The third-order valence-corrected chi connectivity index (χ3v) is 16.7. The number of hydrogen-bond acceptors (Lipinski definition) is 2. The van der Waals surface area contributed by atoms with Crippen LogP contribution < -0.4 is 9.80 Å². The van der Waals surface area contributed by atoms with Crippen molar-refractivity contribution >= 4 is 90.7 Å². The van der Waals surface area contributed by atoms with Crippen molar-refractivity contribution in [3.8, 4) is 22.3 Å². The molecule has 2 aliphatic rings. The maximum absolute atomic E-state index is 2.42. The fourth-order valence-corrected chi connectivity index (χ4v) is 12.5. The van der Waals surface area contributed by atoms with Crippen LogP contribution in [0.5, 0.6) is 0 Å². The molecule has 2 aliphatic carbocycles. The summed E-state index contributed by atoms with van der Waals surface area (Å²) in [7, 11) is 0. The first kappa shape index (κ1) is 47.0. The Hall–Kier alpha value is -9.50. The third kappa shape index (κ3) is 8.20. The molecule has 12 aromatic carbocycles. The molecule has 14 rings (SSSR count). The first-order valence-corrected chi connectivity index (χ1v) is 27.3. The van der Waals surface area contributed by atoms with E-state index in [0.717, 1.165) is 34.1 Å². The van der Waals surface area contributed by atoms with E-state index in [-0.39, 0.29) is 10.8 Å². The second-order valence-electron chi connectivity index (χ2n) is 22.3. The van der Waals surface area contributed by atoms with Crippen LogP contribution in [0.3, 0.4) is 0 Å². The van der Waals surface area contributed by atoms with Crippen LogP contribution in [0.15, 0.2) is 255 Å². The van der Waals surface area contributed by atoms with Gasteiger partial charge in [-0.25, -0.2) is 0 Å². The Kier molecular flexibility index (Phi) is 11.2.